The van der Waals surface area contributed by atoms with Crippen molar-refractivity contribution in [3.63, 3.8) is 0 Å². The zero-order valence-corrected chi connectivity index (χ0v) is 12.6. The van der Waals surface area contributed by atoms with Crippen LogP contribution in [0.25, 0.3) is 0 Å². The van der Waals surface area contributed by atoms with Crippen LogP contribution in [-0.4, -0.2) is 25.2 Å². The molecule has 1 N–H and O–H groups in total. The van der Waals surface area contributed by atoms with E-state index < -0.39 is 0 Å². The number of ether oxygens (including phenoxy) is 1. The summed E-state index contributed by atoms with van der Waals surface area (Å²) < 4.78 is 5.54. The van der Waals surface area contributed by atoms with Gasteiger partial charge in [-0.2, -0.15) is 0 Å². The highest BCUT2D eigenvalue weighted by Gasteiger charge is 2.30. The quantitative estimate of drug-likeness (QED) is 0.879. The zero-order valence-electron chi connectivity index (χ0n) is 11.8. The lowest BCUT2D eigenvalue weighted by molar-refractivity contribution is 0.0868. The molecule has 1 rings (SSSR count). The Morgan fingerprint density at radius 2 is 2.00 bits per heavy atom. The Bertz CT molecular complexity index is 357. The summed E-state index contributed by atoms with van der Waals surface area (Å²) in [7, 11) is 1.96. The molecule has 1 heterocycles. The minimum atomic E-state index is -0.190. The molecule has 98 valence electrons. The fourth-order valence-electron chi connectivity index (χ4n) is 1.42. The Balaban J connectivity index is 2.93. The molecule has 1 aromatic heterocycles. The predicted octanol–water partition coefficient (Wildman–Crippen LogP) is 2.91. The zero-order chi connectivity index (χ0) is 13.1. The van der Waals surface area contributed by atoms with Crippen LogP contribution in [0.3, 0.4) is 0 Å². The third-order valence-corrected chi connectivity index (χ3v) is 4.00. The highest BCUT2D eigenvalue weighted by molar-refractivity contribution is 7.09. The van der Waals surface area contributed by atoms with Gasteiger partial charge in [-0.05, 0) is 20.9 Å². The number of aromatic nitrogens is 1. The molecule has 1 atom stereocenters. The number of nitrogens with zero attached hydrogens (tertiary/aromatic N) is 1. The van der Waals surface area contributed by atoms with Crippen LogP contribution in [-0.2, 0) is 15.7 Å². The van der Waals surface area contributed by atoms with Crippen molar-refractivity contribution in [2.45, 2.75) is 45.6 Å². The van der Waals surface area contributed by atoms with Crippen LogP contribution in [0.5, 0.6) is 0 Å². The summed E-state index contributed by atoms with van der Waals surface area (Å²) in [4.78, 5) is 4.75. The van der Waals surface area contributed by atoms with Crippen molar-refractivity contribution in [3.05, 3.63) is 16.1 Å². The van der Waals surface area contributed by atoms with Gasteiger partial charge in [0, 0.05) is 17.4 Å². The largest absolute Gasteiger partial charge is 0.379 e. The summed E-state index contributed by atoms with van der Waals surface area (Å²) in [5.74, 6) is 0. The molecule has 0 fully saturated rings. The molecule has 4 heteroatoms. The fourth-order valence-corrected chi connectivity index (χ4v) is 2.62. The van der Waals surface area contributed by atoms with Gasteiger partial charge in [0.1, 0.15) is 5.01 Å². The molecule has 0 aliphatic heterocycles. The van der Waals surface area contributed by atoms with E-state index in [2.05, 4.69) is 38.4 Å². The average molecular weight is 256 g/mol. The summed E-state index contributed by atoms with van der Waals surface area (Å²) in [6.45, 7) is 12.1. The normalized spacial score (nSPS) is 15.9. The Morgan fingerprint density at radius 3 is 2.41 bits per heavy atom. The van der Waals surface area contributed by atoms with Gasteiger partial charge < -0.3 is 10.1 Å². The van der Waals surface area contributed by atoms with Gasteiger partial charge in [0.25, 0.3) is 0 Å². The monoisotopic (exact) mass is 256 g/mol. The van der Waals surface area contributed by atoms with Crippen molar-refractivity contribution in [2.24, 2.45) is 0 Å². The number of thiazole rings is 1. The van der Waals surface area contributed by atoms with E-state index in [1.807, 2.05) is 14.0 Å². The number of rotatable bonds is 5. The van der Waals surface area contributed by atoms with Crippen molar-refractivity contribution in [1.82, 2.24) is 10.3 Å². The van der Waals surface area contributed by atoms with E-state index >= 15 is 0 Å². The number of likely N-dealkylation sites (N-methyl/N-ethyl adjacent to an activating group) is 1. The molecule has 0 aliphatic rings. The summed E-state index contributed by atoms with van der Waals surface area (Å²) in [5, 5.41) is 6.56. The SMILES string of the molecule is CCOCC(C)(NC)c1nc(C(C)(C)C)cs1. The predicted molar refractivity (Wildman–Crippen MR) is 73.7 cm³/mol. The maximum Gasteiger partial charge on any atom is 0.115 e. The van der Waals surface area contributed by atoms with E-state index in [4.69, 9.17) is 9.72 Å². The molecule has 17 heavy (non-hydrogen) atoms. The second kappa shape index (κ2) is 5.46. The molecule has 0 amide bonds. The molecule has 1 unspecified atom stereocenters. The first-order valence-electron chi connectivity index (χ1n) is 6.06. The maximum atomic E-state index is 5.54. The first-order chi connectivity index (χ1) is 7.83. The number of nitrogens with one attached hydrogen (secondary N) is 1. The van der Waals surface area contributed by atoms with Crippen LogP contribution in [0.2, 0.25) is 0 Å². The van der Waals surface area contributed by atoms with Crippen molar-refractivity contribution in [2.75, 3.05) is 20.3 Å². The molecule has 0 radical (unpaired) electrons. The van der Waals surface area contributed by atoms with Crippen LogP contribution in [0.4, 0.5) is 0 Å². The van der Waals surface area contributed by atoms with Crippen LogP contribution in [0.1, 0.15) is 45.3 Å². The molecule has 0 aromatic carbocycles. The third kappa shape index (κ3) is 3.50. The summed E-state index contributed by atoms with van der Waals surface area (Å²) in [6, 6.07) is 0. The van der Waals surface area contributed by atoms with Crippen LogP contribution >= 0.6 is 11.3 Å². The molecule has 0 saturated carbocycles. The molecule has 0 saturated heterocycles. The maximum absolute atomic E-state index is 5.54. The van der Waals surface area contributed by atoms with E-state index in [-0.39, 0.29) is 11.0 Å². The third-order valence-electron chi connectivity index (χ3n) is 2.89. The Kier molecular flexibility index (Phi) is 4.69. The Morgan fingerprint density at radius 1 is 1.35 bits per heavy atom. The molecule has 1 aromatic rings. The topological polar surface area (TPSA) is 34.1 Å². The highest BCUT2D eigenvalue weighted by Crippen LogP contribution is 2.29. The standard InChI is InChI=1S/C13H24N2OS/c1-7-16-9-13(5,14-6)11-15-10(8-17-11)12(2,3)4/h8,14H,7,9H2,1-6H3. The minimum absolute atomic E-state index is 0.106. The second-order valence-corrected chi connectivity index (χ2v) is 6.37. The van der Waals surface area contributed by atoms with Crippen LogP contribution in [0.15, 0.2) is 5.38 Å². The summed E-state index contributed by atoms with van der Waals surface area (Å²) >= 11 is 1.70. The highest BCUT2D eigenvalue weighted by atomic mass is 32.1. The number of hydrogen-bond acceptors (Lipinski definition) is 4. The second-order valence-electron chi connectivity index (χ2n) is 5.51. The van der Waals surface area contributed by atoms with Crippen molar-refractivity contribution in [1.29, 1.82) is 0 Å². The lowest BCUT2D eigenvalue weighted by Crippen LogP contribution is -2.41. The van der Waals surface area contributed by atoms with E-state index in [1.54, 1.807) is 11.3 Å². The van der Waals surface area contributed by atoms with Gasteiger partial charge in [0.2, 0.25) is 0 Å². The molecular weight excluding hydrogens is 232 g/mol. The first kappa shape index (κ1) is 14.6. The van der Waals surface area contributed by atoms with Gasteiger partial charge >= 0.3 is 0 Å². The lowest BCUT2D eigenvalue weighted by Gasteiger charge is -2.26. The lowest BCUT2D eigenvalue weighted by atomic mass is 9.93. The molecule has 0 aliphatic carbocycles. The fraction of sp³-hybridized carbons (Fsp3) is 0.769. The number of hydrogen-bond donors (Lipinski definition) is 1. The Labute approximate surface area is 109 Å². The van der Waals surface area contributed by atoms with Gasteiger partial charge in [-0.25, -0.2) is 4.98 Å². The Hall–Kier alpha value is -0.450. The van der Waals surface area contributed by atoms with Gasteiger partial charge in [-0.15, -0.1) is 11.3 Å². The molecule has 3 nitrogen and oxygen atoms in total. The van der Waals surface area contributed by atoms with Gasteiger partial charge in [-0.3, -0.25) is 0 Å². The minimum Gasteiger partial charge on any atom is -0.379 e. The van der Waals surface area contributed by atoms with Crippen molar-refractivity contribution >= 4 is 11.3 Å². The van der Waals surface area contributed by atoms with E-state index in [0.717, 1.165) is 17.3 Å². The first-order valence-corrected chi connectivity index (χ1v) is 6.94. The molecule has 0 bridgehead atoms. The van der Waals surface area contributed by atoms with Gasteiger partial charge in [-0.1, -0.05) is 20.8 Å². The van der Waals surface area contributed by atoms with Gasteiger partial charge in [0.15, 0.2) is 0 Å². The molecular formula is C13H24N2OS. The average Bonchev–Trinajstić information content (AvgIpc) is 2.75. The van der Waals surface area contributed by atoms with E-state index in [1.165, 1.54) is 0 Å². The summed E-state index contributed by atoms with van der Waals surface area (Å²) in [5.41, 5.74) is 1.06. The van der Waals surface area contributed by atoms with Crippen LogP contribution < -0.4 is 5.32 Å². The molecule has 0 spiro atoms. The van der Waals surface area contributed by atoms with E-state index in [0.29, 0.717) is 6.61 Å². The van der Waals surface area contributed by atoms with E-state index in [9.17, 15) is 0 Å². The van der Waals surface area contributed by atoms with Crippen LogP contribution in [0, 0.1) is 0 Å². The smallest absolute Gasteiger partial charge is 0.115 e. The summed E-state index contributed by atoms with van der Waals surface area (Å²) in [6.07, 6.45) is 0. The van der Waals surface area contributed by atoms with Crippen molar-refractivity contribution in [3.8, 4) is 0 Å². The van der Waals surface area contributed by atoms with Gasteiger partial charge in [0.05, 0.1) is 17.8 Å². The van der Waals surface area contributed by atoms with Crippen molar-refractivity contribution < 1.29 is 4.74 Å².